The van der Waals surface area contributed by atoms with Crippen molar-refractivity contribution in [2.75, 3.05) is 13.1 Å². The van der Waals surface area contributed by atoms with Crippen molar-refractivity contribution in [1.29, 1.82) is 0 Å². The number of hydrogen-bond donors (Lipinski definition) is 1. The molecular formula is C15H22N2O2. The number of rotatable bonds is 7. The number of nitro groups is 1. The second-order valence-electron chi connectivity index (χ2n) is 5.32. The van der Waals surface area contributed by atoms with Crippen molar-refractivity contribution in [2.45, 2.75) is 38.5 Å². The molecule has 104 valence electrons. The van der Waals surface area contributed by atoms with Gasteiger partial charge in [0.25, 0.3) is 5.69 Å². The van der Waals surface area contributed by atoms with Crippen LogP contribution in [0.15, 0.2) is 24.3 Å². The normalized spacial score (nSPS) is 15.8. The van der Waals surface area contributed by atoms with Crippen LogP contribution in [0.3, 0.4) is 0 Å². The number of para-hydroxylation sites is 1. The van der Waals surface area contributed by atoms with E-state index in [1.165, 1.54) is 32.1 Å². The van der Waals surface area contributed by atoms with Crippen molar-refractivity contribution in [3.8, 4) is 0 Å². The van der Waals surface area contributed by atoms with E-state index >= 15 is 0 Å². The maximum Gasteiger partial charge on any atom is 0.272 e. The van der Waals surface area contributed by atoms with E-state index in [1.807, 2.05) is 12.1 Å². The maximum absolute atomic E-state index is 10.9. The van der Waals surface area contributed by atoms with Gasteiger partial charge >= 0.3 is 0 Å². The number of benzene rings is 1. The van der Waals surface area contributed by atoms with Gasteiger partial charge in [-0.3, -0.25) is 10.1 Å². The summed E-state index contributed by atoms with van der Waals surface area (Å²) >= 11 is 0. The molecule has 0 spiro atoms. The van der Waals surface area contributed by atoms with Crippen LogP contribution in [0.4, 0.5) is 5.69 Å². The van der Waals surface area contributed by atoms with Gasteiger partial charge < -0.3 is 5.32 Å². The molecule has 4 nitrogen and oxygen atoms in total. The van der Waals surface area contributed by atoms with E-state index in [0.29, 0.717) is 0 Å². The highest BCUT2D eigenvalue weighted by Gasteiger charge is 2.14. The third-order valence-electron chi connectivity index (χ3n) is 3.96. The lowest BCUT2D eigenvalue weighted by atomic mass is 10.0. The Hall–Kier alpha value is -1.42. The Morgan fingerprint density at radius 1 is 1.21 bits per heavy atom. The quantitative estimate of drug-likeness (QED) is 0.466. The summed E-state index contributed by atoms with van der Waals surface area (Å²) < 4.78 is 0. The predicted octanol–water partition coefficient (Wildman–Crippen LogP) is 3.31. The lowest BCUT2D eigenvalue weighted by molar-refractivity contribution is -0.385. The largest absolute Gasteiger partial charge is 0.316 e. The van der Waals surface area contributed by atoms with Crippen molar-refractivity contribution >= 4 is 5.69 Å². The summed E-state index contributed by atoms with van der Waals surface area (Å²) in [4.78, 5) is 10.6. The van der Waals surface area contributed by atoms with Crippen LogP contribution in [0.5, 0.6) is 0 Å². The Bertz CT molecular complexity index is 414. The fraction of sp³-hybridized carbons (Fsp3) is 0.600. The second-order valence-corrected chi connectivity index (χ2v) is 5.32. The Labute approximate surface area is 114 Å². The summed E-state index contributed by atoms with van der Waals surface area (Å²) in [6, 6.07) is 7.00. The van der Waals surface area contributed by atoms with Crippen LogP contribution in [0.2, 0.25) is 0 Å². The van der Waals surface area contributed by atoms with E-state index in [1.54, 1.807) is 12.1 Å². The van der Waals surface area contributed by atoms with Crippen LogP contribution in [0.25, 0.3) is 0 Å². The summed E-state index contributed by atoms with van der Waals surface area (Å²) in [5, 5.41) is 14.3. The molecule has 1 N–H and O–H groups in total. The molecule has 4 heteroatoms. The third kappa shape index (κ3) is 4.31. The van der Waals surface area contributed by atoms with Gasteiger partial charge in [-0.25, -0.2) is 0 Å². The summed E-state index contributed by atoms with van der Waals surface area (Å²) in [6.07, 6.45) is 7.51. The smallest absolute Gasteiger partial charge is 0.272 e. The van der Waals surface area contributed by atoms with E-state index in [-0.39, 0.29) is 10.6 Å². The average molecular weight is 262 g/mol. The molecule has 2 rings (SSSR count). The molecule has 0 atom stereocenters. The van der Waals surface area contributed by atoms with Gasteiger partial charge in [0, 0.05) is 11.6 Å². The molecule has 0 aromatic heterocycles. The first-order valence-electron chi connectivity index (χ1n) is 7.20. The van der Waals surface area contributed by atoms with Crippen molar-refractivity contribution in [1.82, 2.24) is 5.32 Å². The minimum atomic E-state index is -0.298. The molecule has 0 bridgehead atoms. The van der Waals surface area contributed by atoms with Crippen LogP contribution in [-0.4, -0.2) is 18.0 Å². The maximum atomic E-state index is 10.9. The van der Waals surface area contributed by atoms with Gasteiger partial charge in [0.05, 0.1) is 4.92 Å². The molecule has 1 aliphatic carbocycles. The first-order chi connectivity index (χ1) is 9.27. The van der Waals surface area contributed by atoms with Crippen LogP contribution in [0, 0.1) is 16.0 Å². The van der Waals surface area contributed by atoms with Gasteiger partial charge in [0.15, 0.2) is 0 Å². The second kappa shape index (κ2) is 7.24. The Balaban J connectivity index is 1.69. The molecule has 1 aliphatic rings. The highest BCUT2D eigenvalue weighted by atomic mass is 16.6. The number of nitrogens with zero attached hydrogens (tertiary/aromatic N) is 1. The van der Waals surface area contributed by atoms with Gasteiger partial charge in [0.1, 0.15) is 0 Å². The standard InChI is InChI=1S/C15H22N2O2/c18-17(19)15-8-4-3-7-14(15)10-12-16-11-9-13-5-1-2-6-13/h3-4,7-8,13,16H,1-2,5-6,9-12H2. The molecule has 1 saturated carbocycles. The Morgan fingerprint density at radius 2 is 1.95 bits per heavy atom. The summed E-state index contributed by atoms with van der Waals surface area (Å²) in [7, 11) is 0. The van der Waals surface area contributed by atoms with E-state index in [0.717, 1.165) is 31.0 Å². The van der Waals surface area contributed by atoms with Crippen molar-refractivity contribution in [3.05, 3.63) is 39.9 Å². The zero-order valence-corrected chi connectivity index (χ0v) is 11.3. The predicted molar refractivity (Wildman–Crippen MR) is 76.2 cm³/mol. The highest BCUT2D eigenvalue weighted by molar-refractivity contribution is 5.39. The summed E-state index contributed by atoms with van der Waals surface area (Å²) in [6.45, 7) is 1.85. The fourth-order valence-corrected chi connectivity index (χ4v) is 2.85. The molecule has 1 aromatic carbocycles. The van der Waals surface area contributed by atoms with Crippen LogP contribution >= 0.6 is 0 Å². The van der Waals surface area contributed by atoms with Crippen molar-refractivity contribution < 1.29 is 4.92 Å². The topological polar surface area (TPSA) is 55.2 Å². The van der Waals surface area contributed by atoms with Gasteiger partial charge in [-0.1, -0.05) is 43.9 Å². The first kappa shape index (κ1) is 14.0. The highest BCUT2D eigenvalue weighted by Crippen LogP contribution is 2.26. The Morgan fingerprint density at radius 3 is 2.68 bits per heavy atom. The van der Waals surface area contributed by atoms with Crippen LogP contribution in [-0.2, 0) is 6.42 Å². The van der Waals surface area contributed by atoms with Gasteiger partial charge in [-0.2, -0.15) is 0 Å². The average Bonchev–Trinajstić information content (AvgIpc) is 2.92. The molecule has 1 fully saturated rings. The molecule has 0 heterocycles. The lowest BCUT2D eigenvalue weighted by Crippen LogP contribution is -2.20. The fourth-order valence-electron chi connectivity index (χ4n) is 2.85. The lowest BCUT2D eigenvalue weighted by Gasteiger charge is -2.09. The minimum Gasteiger partial charge on any atom is -0.316 e. The van der Waals surface area contributed by atoms with Gasteiger partial charge in [0.2, 0.25) is 0 Å². The summed E-state index contributed by atoms with van der Waals surface area (Å²) in [5.74, 6) is 0.901. The van der Waals surface area contributed by atoms with Gasteiger partial charge in [-0.05, 0) is 31.8 Å². The van der Waals surface area contributed by atoms with E-state index in [2.05, 4.69) is 5.32 Å². The van der Waals surface area contributed by atoms with E-state index in [4.69, 9.17) is 0 Å². The van der Waals surface area contributed by atoms with E-state index < -0.39 is 0 Å². The molecule has 19 heavy (non-hydrogen) atoms. The van der Waals surface area contributed by atoms with E-state index in [9.17, 15) is 10.1 Å². The zero-order chi connectivity index (χ0) is 13.5. The zero-order valence-electron chi connectivity index (χ0n) is 11.3. The molecule has 0 aliphatic heterocycles. The molecular weight excluding hydrogens is 240 g/mol. The number of nitrogens with one attached hydrogen (secondary N) is 1. The minimum absolute atomic E-state index is 0.236. The molecule has 0 saturated heterocycles. The number of nitro benzene ring substituents is 1. The number of hydrogen-bond acceptors (Lipinski definition) is 3. The van der Waals surface area contributed by atoms with Crippen molar-refractivity contribution in [3.63, 3.8) is 0 Å². The monoisotopic (exact) mass is 262 g/mol. The van der Waals surface area contributed by atoms with Crippen LogP contribution in [0.1, 0.15) is 37.7 Å². The third-order valence-corrected chi connectivity index (χ3v) is 3.96. The molecule has 0 radical (unpaired) electrons. The SMILES string of the molecule is O=[N+]([O-])c1ccccc1CCNCCC1CCCC1. The molecule has 1 aromatic rings. The first-order valence-corrected chi connectivity index (χ1v) is 7.20. The Kier molecular flexibility index (Phi) is 5.33. The molecule has 0 amide bonds. The van der Waals surface area contributed by atoms with Crippen molar-refractivity contribution in [2.24, 2.45) is 5.92 Å². The summed E-state index contributed by atoms with van der Waals surface area (Å²) in [5.41, 5.74) is 1.06. The van der Waals surface area contributed by atoms with Crippen LogP contribution < -0.4 is 5.32 Å². The molecule has 0 unspecified atom stereocenters. The van der Waals surface area contributed by atoms with Gasteiger partial charge in [-0.15, -0.1) is 0 Å².